The number of amides is 1. The molecule has 26 heavy (non-hydrogen) atoms. The summed E-state index contributed by atoms with van der Waals surface area (Å²) in [7, 11) is 0. The number of carbonyl (C=O) groups is 1. The number of carbonyl (C=O) groups excluding carboxylic acids is 1. The highest BCUT2D eigenvalue weighted by Gasteiger charge is 2.21. The Bertz CT molecular complexity index is 921. The van der Waals surface area contributed by atoms with Crippen molar-refractivity contribution in [2.24, 2.45) is 0 Å². The molecule has 3 rings (SSSR count). The van der Waals surface area contributed by atoms with Gasteiger partial charge in [-0.1, -0.05) is 35.5 Å². The molecule has 7 nitrogen and oxygen atoms in total. The van der Waals surface area contributed by atoms with Crippen molar-refractivity contribution in [2.75, 3.05) is 5.32 Å². The molecule has 0 atom stereocenters. The zero-order valence-corrected chi connectivity index (χ0v) is 14.5. The predicted octanol–water partition coefficient (Wildman–Crippen LogP) is 3.79. The Labute approximate surface area is 151 Å². The number of aromatic nitrogens is 3. The van der Waals surface area contributed by atoms with Crippen molar-refractivity contribution >= 4 is 11.6 Å². The van der Waals surface area contributed by atoms with Crippen LogP contribution >= 0.6 is 0 Å². The molecule has 132 valence electrons. The van der Waals surface area contributed by atoms with E-state index in [1.807, 2.05) is 30.3 Å². The van der Waals surface area contributed by atoms with Gasteiger partial charge in [-0.05, 0) is 19.8 Å². The number of unbranched alkanes of at least 4 members (excludes halogenated alkanes) is 2. The summed E-state index contributed by atoms with van der Waals surface area (Å²) in [5.74, 6) is 0.178. The molecule has 0 saturated carbocycles. The molecule has 2 heterocycles. The summed E-state index contributed by atoms with van der Waals surface area (Å²) in [6.45, 7) is 2.42. The van der Waals surface area contributed by atoms with E-state index in [2.05, 4.69) is 21.6 Å². The SMILES string of the molecule is Cc1onc(-c2ccccc2)c1C(=O)Nc1cnn(CCCCC#N)c1. The Morgan fingerprint density at radius 2 is 2.12 bits per heavy atom. The van der Waals surface area contributed by atoms with Crippen LogP contribution < -0.4 is 5.32 Å². The van der Waals surface area contributed by atoms with Crippen molar-refractivity contribution in [3.63, 3.8) is 0 Å². The second-order valence-corrected chi connectivity index (χ2v) is 5.89. The van der Waals surface area contributed by atoms with Crippen molar-refractivity contribution < 1.29 is 9.32 Å². The molecule has 1 amide bonds. The second kappa shape index (κ2) is 8.12. The highest BCUT2D eigenvalue weighted by Crippen LogP contribution is 2.25. The summed E-state index contributed by atoms with van der Waals surface area (Å²) in [6.07, 6.45) is 5.62. The van der Waals surface area contributed by atoms with Gasteiger partial charge in [0.05, 0.1) is 18.0 Å². The molecule has 0 aliphatic rings. The fourth-order valence-corrected chi connectivity index (χ4v) is 2.65. The number of hydrogen-bond donors (Lipinski definition) is 1. The average molecular weight is 349 g/mol. The highest BCUT2D eigenvalue weighted by molar-refractivity contribution is 6.08. The molecule has 2 aromatic heterocycles. The lowest BCUT2D eigenvalue weighted by Crippen LogP contribution is -2.13. The summed E-state index contributed by atoms with van der Waals surface area (Å²) in [6, 6.07) is 11.6. The molecule has 0 saturated heterocycles. The molecule has 1 aromatic carbocycles. The predicted molar refractivity (Wildman–Crippen MR) is 96.3 cm³/mol. The van der Waals surface area contributed by atoms with Crippen LogP contribution in [0.5, 0.6) is 0 Å². The highest BCUT2D eigenvalue weighted by atomic mass is 16.5. The number of aryl methyl sites for hydroxylation is 2. The Kier molecular flexibility index (Phi) is 5.44. The fraction of sp³-hybridized carbons (Fsp3) is 0.263. The van der Waals surface area contributed by atoms with Crippen LogP contribution in [-0.2, 0) is 6.54 Å². The standard InChI is InChI=1S/C19H19N5O2/c1-14-17(18(23-26-14)15-8-4-2-5-9-15)19(25)22-16-12-21-24(13-16)11-7-3-6-10-20/h2,4-5,8-9,12-13H,3,6-7,11H2,1H3,(H,22,25). The van der Waals surface area contributed by atoms with Gasteiger partial charge >= 0.3 is 0 Å². The van der Waals surface area contributed by atoms with Gasteiger partial charge in [-0.2, -0.15) is 10.4 Å². The third-order valence-electron chi connectivity index (χ3n) is 3.95. The minimum absolute atomic E-state index is 0.286. The van der Waals surface area contributed by atoms with E-state index in [1.54, 1.807) is 24.0 Å². The van der Waals surface area contributed by atoms with Gasteiger partial charge in [0.1, 0.15) is 17.0 Å². The number of benzene rings is 1. The van der Waals surface area contributed by atoms with Crippen LogP contribution in [-0.4, -0.2) is 20.8 Å². The number of anilines is 1. The topological polar surface area (TPSA) is 96.7 Å². The van der Waals surface area contributed by atoms with Crippen LogP contribution in [0.1, 0.15) is 35.4 Å². The molecule has 0 aliphatic heterocycles. The number of nitriles is 1. The molecule has 0 bridgehead atoms. The first-order chi connectivity index (χ1) is 12.7. The zero-order valence-electron chi connectivity index (χ0n) is 14.5. The van der Waals surface area contributed by atoms with E-state index >= 15 is 0 Å². The third kappa shape index (κ3) is 3.98. The molecular weight excluding hydrogens is 330 g/mol. The Hall–Kier alpha value is -3.40. The van der Waals surface area contributed by atoms with Gasteiger partial charge in [0, 0.05) is 24.7 Å². The minimum atomic E-state index is -0.286. The Morgan fingerprint density at radius 1 is 1.31 bits per heavy atom. The summed E-state index contributed by atoms with van der Waals surface area (Å²) >= 11 is 0. The number of nitrogens with zero attached hydrogens (tertiary/aromatic N) is 4. The molecule has 0 aliphatic carbocycles. The maximum atomic E-state index is 12.7. The van der Waals surface area contributed by atoms with Crippen LogP contribution in [0.4, 0.5) is 5.69 Å². The van der Waals surface area contributed by atoms with Crippen molar-refractivity contribution in [2.45, 2.75) is 32.7 Å². The summed E-state index contributed by atoms with van der Waals surface area (Å²) in [5, 5.41) is 19.7. The molecule has 0 fully saturated rings. The van der Waals surface area contributed by atoms with Crippen LogP contribution in [0.2, 0.25) is 0 Å². The van der Waals surface area contributed by atoms with E-state index in [0.29, 0.717) is 35.7 Å². The molecule has 0 radical (unpaired) electrons. The lowest BCUT2D eigenvalue weighted by atomic mass is 10.1. The van der Waals surface area contributed by atoms with E-state index in [9.17, 15) is 4.79 Å². The number of rotatable bonds is 7. The maximum absolute atomic E-state index is 12.7. The van der Waals surface area contributed by atoms with E-state index in [4.69, 9.17) is 9.78 Å². The van der Waals surface area contributed by atoms with Crippen LogP contribution in [0.25, 0.3) is 11.3 Å². The molecule has 0 spiro atoms. The van der Waals surface area contributed by atoms with Crippen molar-refractivity contribution in [1.29, 1.82) is 5.26 Å². The first-order valence-corrected chi connectivity index (χ1v) is 8.41. The largest absolute Gasteiger partial charge is 0.360 e. The minimum Gasteiger partial charge on any atom is -0.360 e. The monoisotopic (exact) mass is 349 g/mol. The van der Waals surface area contributed by atoms with Gasteiger partial charge in [-0.3, -0.25) is 9.48 Å². The first kappa shape index (κ1) is 17.4. The molecule has 0 unspecified atom stereocenters. The van der Waals surface area contributed by atoms with Gasteiger partial charge in [0.25, 0.3) is 5.91 Å². The first-order valence-electron chi connectivity index (χ1n) is 8.41. The summed E-state index contributed by atoms with van der Waals surface area (Å²) in [5.41, 5.74) is 2.36. The van der Waals surface area contributed by atoms with Crippen LogP contribution in [0.3, 0.4) is 0 Å². The maximum Gasteiger partial charge on any atom is 0.261 e. The van der Waals surface area contributed by atoms with Gasteiger partial charge in [0.15, 0.2) is 0 Å². The fourth-order valence-electron chi connectivity index (χ4n) is 2.65. The second-order valence-electron chi connectivity index (χ2n) is 5.89. The van der Waals surface area contributed by atoms with Gasteiger partial charge in [-0.15, -0.1) is 0 Å². The Morgan fingerprint density at radius 3 is 2.88 bits per heavy atom. The number of nitrogens with one attached hydrogen (secondary N) is 1. The molecule has 1 N–H and O–H groups in total. The van der Waals surface area contributed by atoms with E-state index in [-0.39, 0.29) is 5.91 Å². The van der Waals surface area contributed by atoms with Gasteiger partial charge < -0.3 is 9.84 Å². The third-order valence-corrected chi connectivity index (χ3v) is 3.95. The van der Waals surface area contributed by atoms with Gasteiger partial charge in [0.2, 0.25) is 0 Å². The van der Waals surface area contributed by atoms with Crippen molar-refractivity contribution in [3.05, 3.63) is 54.0 Å². The smallest absolute Gasteiger partial charge is 0.261 e. The lowest BCUT2D eigenvalue weighted by molar-refractivity contribution is 0.102. The average Bonchev–Trinajstić information content (AvgIpc) is 3.26. The normalized spacial score (nSPS) is 10.5. The van der Waals surface area contributed by atoms with Crippen LogP contribution in [0, 0.1) is 18.3 Å². The molecule has 7 heteroatoms. The van der Waals surface area contributed by atoms with E-state index in [0.717, 1.165) is 18.4 Å². The quantitative estimate of drug-likeness (QED) is 0.655. The Balaban J connectivity index is 1.71. The molecular formula is C19H19N5O2. The summed E-state index contributed by atoms with van der Waals surface area (Å²) < 4.78 is 6.99. The van der Waals surface area contributed by atoms with Crippen molar-refractivity contribution in [3.8, 4) is 17.3 Å². The lowest BCUT2D eigenvalue weighted by Gasteiger charge is -2.03. The van der Waals surface area contributed by atoms with E-state index in [1.165, 1.54) is 0 Å². The van der Waals surface area contributed by atoms with Crippen molar-refractivity contribution in [1.82, 2.24) is 14.9 Å². The zero-order chi connectivity index (χ0) is 18.4. The number of hydrogen-bond acceptors (Lipinski definition) is 5. The van der Waals surface area contributed by atoms with Gasteiger partial charge in [-0.25, -0.2) is 0 Å². The van der Waals surface area contributed by atoms with E-state index < -0.39 is 0 Å². The summed E-state index contributed by atoms with van der Waals surface area (Å²) in [4.78, 5) is 12.7. The molecule has 3 aromatic rings. The van der Waals surface area contributed by atoms with Crippen LogP contribution in [0.15, 0.2) is 47.2 Å².